The molecule has 1 unspecified atom stereocenters. The molecule has 4 heteroatoms. The van der Waals surface area contributed by atoms with Gasteiger partial charge in [0.2, 0.25) is 5.91 Å². The number of fused-ring (bicyclic) bond motifs is 1. The predicted molar refractivity (Wildman–Crippen MR) is 88.1 cm³/mol. The van der Waals surface area contributed by atoms with Gasteiger partial charge in [0.15, 0.2) is 0 Å². The summed E-state index contributed by atoms with van der Waals surface area (Å²) in [4.78, 5) is 12.4. The quantitative estimate of drug-likeness (QED) is 0.870. The van der Waals surface area contributed by atoms with Gasteiger partial charge in [0.25, 0.3) is 0 Å². The number of hydrogen-bond donors (Lipinski definition) is 1. The normalized spacial score (nSPS) is 18.1. The van der Waals surface area contributed by atoms with Gasteiger partial charge < -0.3 is 9.46 Å². The summed E-state index contributed by atoms with van der Waals surface area (Å²) in [5.74, 6) is 9.71. The SMILES string of the molecule is C=S(=C)(NC(C)=O)c1cc2c(cc1CC)OCC(C)C2. The minimum atomic E-state index is -1.81. The van der Waals surface area contributed by atoms with E-state index in [0.29, 0.717) is 5.92 Å². The molecule has 1 atom stereocenters. The van der Waals surface area contributed by atoms with Crippen LogP contribution in [0.5, 0.6) is 5.75 Å². The second-order valence-corrected chi connectivity index (χ2v) is 7.99. The lowest BCUT2D eigenvalue weighted by atomic mass is 9.97. The molecular formula is C16H23NO2S. The molecule has 0 fully saturated rings. The highest BCUT2D eigenvalue weighted by Gasteiger charge is 2.20. The maximum atomic E-state index is 11.4. The van der Waals surface area contributed by atoms with Crippen LogP contribution in [0.4, 0.5) is 0 Å². The van der Waals surface area contributed by atoms with E-state index in [2.05, 4.69) is 42.4 Å². The second kappa shape index (κ2) is 5.52. The monoisotopic (exact) mass is 293 g/mol. The number of hydrogen-bond acceptors (Lipinski definition) is 2. The second-order valence-electron chi connectivity index (χ2n) is 5.58. The van der Waals surface area contributed by atoms with Crippen molar-refractivity contribution < 1.29 is 9.53 Å². The van der Waals surface area contributed by atoms with Gasteiger partial charge in [0.1, 0.15) is 5.75 Å². The summed E-state index contributed by atoms with van der Waals surface area (Å²) >= 11 is 0. The molecular weight excluding hydrogens is 270 g/mol. The fourth-order valence-corrected chi connectivity index (χ4v) is 4.31. The minimum Gasteiger partial charge on any atom is -0.493 e. The van der Waals surface area contributed by atoms with E-state index in [9.17, 15) is 4.79 Å². The van der Waals surface area contributed by atoms with Gasteiger partial charge in [-0.25, -0.2) is 0 Å². The van der Waals surface area contributed by atoms with E-state index in [-0.39, 0.29) is 5.91 Å². The van der Waals surface area contributed by atoms with Gasteiger partial charge in [0.05, 0.1) is 6.61 Å². The first-order chi connectivity index (χ1) is 9.33. The number of ether oxygens (including phenoxy) is 1. The Hall–Kier alpha value is -1.42. The summed E-state index contributed by atoms with van der Waals surface area (Å²) in [6.07, 6.45) is 1.88. The third-order valence-electron chi connectivity index (χ3n) is 3.48. The first-order valence-electron chi connectivity index (χ1n) is 6.90. The van der Waals surface area contributed by atoms with Crippen LogP contribution in [-0.2, 0) is 17.6 Å². The molecule has 0 saturated carbocycles. The minimum absolute atomic E-state index is 0.0885. The Labute approximate surface area is 122 Å². The third-order valence-corrected chi connectivity index (χ3v) is 5.38. The highest BCUT2D eigenvalue weighted by Crippen LogP contribution is 2.38. The van der Waals surface area contributed by atoms with Crippen molar-refractivity contribution in [2.45, 2.75) is 38.5 Å². The lowest BCUT2D eigenvalue weighted by Crippen LogP contribution is -2.20. The third kappa shape index (κ3) is 3.01. The van der Waals surface area contributed by atoms with E-state index in [1.807, 2.05) is 0 Å². The van der Waals surface area contributed by atoms with E-state index >= 15 is 0 Å². The van der Waals surface area contributed by atoms with Crippen LogP contribution in [0.1, 0.15) is 31.9 Å². The lowest BCUT2D eigenvalue weighted by molar-refractivity contribution is -0.117. The van der Waals surface area contributed by atoms with Gasteiger partial charge in [0, 0.05) is 11.8 Å². The van der Waals surface area contributed by atoms with Crippen LogP contribution in [0.15, 0.2) is 17.0 Å². The van der Waals surface area contributed by atoms with Crippen molar-refractivity contribution in [2.75, 3.05) is 6.61 Å². The average molecular weight is 293 g/mol. The molecule has 1 aliphatic heterocycles. The van der Waals surface area contributed by atoms with Crippen LogP contribution in [0.2, 0.25) is 0 Å². The molecule has 0 bridgehead atoms. The van der Waals surface area contributed by atoms with E-state index in [4.69, 9.17) is 4.74 Å². The van der Waals surface area contributed by atoms with Crippen molar-refractivity contribution in [1.82, 2.24) is 4.72 Å². The van der Waals surface area contributed by atoms with Gasteiger partial charge in [-0.15, -0.1) is 9.39 Å². The number of aryl methyl sites for hydroxylation is 1. The molecule has 20 heavy (non-hydrogen) atoms. The first kappa shape index (κ1) is 15.0. The van der Waals surface area contributed by atoms with E-state index in [1.165, 1.54) is 12.5 Å². The number of carbonyl (C=O) groups is 1. The fraction of sp³-hybridized carbons (Fsp3) is 0.438. The molecule has 1 aromatic rings. The molecule has 1 amide bonds. The summed E-state index contributed by atoms with van der Waals surface area (Å²) in [5.41, 5.74) is 2.36. The number of rotatable bonds is 3. The highest BCUT2D eigenvalue weighted by atomic mass is 32.2. The first-order valence-corrected chi connectivity index (χ1v) is 8.87. The van der Waals surface area contributed by atoms with Crippen molar-refractivity contribution in [3.63, 3.8) is 0 Å². The number of carbonyl (C=O) groups excluding carboxylic acids is 1. The zero-order valence-electron chi connectivity index (χ0n) is 12.5. The maximum Gasteiger partial charge on any atom is 0.226 e. The Kier molecular flexibility index (Phi) is 4.14. The van der Waals surface area contributed by atoms with Gasteiger partial charge in [-0.1, -0.05) is 25.6 Å². The molecule has 1 N–H and O–H groups in total. The zero-order chi connectivity index (χ0) is 14.9. The Morgan fingerprint density at radius 1 is 1.50 bits per heavy atom. The smallest absolute Gasteiger partial charge is 0.226 e. The van der Waals surface area contributed by atoms with Crippen molar-refractivity contribution in [3.8, 4) is 5.75 Å². The van der Waals surface area contributed by atoms with Crippen molar-refractivity contribution >= 4 is 27.0 Å². The Balaban J connectivity index is 2.52. The molecule has 110 valence electrons. The standard InChI is InChI=1S/C16H23NO2S/c1-6-13-8-15-14(7-11(2)10-19-15)9-16(13)20(4,5)17-12(3)18/h8-9,11H,4-7,10H2,1-3H3,(H,17,18). The molecule has 2 rings (SSSR count). The summed E-state index contributed by atoms with van der Waals surface area (Å²) in [5, 5.41) is 0. The lowest BCUT2D eigenvalue weighted by Gasteiger charge is -2.27. The molecule has 3 nitrogen and oxygen atoms in total. The number of benzene rings is 1. The summed E-state index contributed by atoms with van der Waals surface area (Å²) in [7, 11) is -1.81. The summed E-state index contributed by atoms with van der Waals surface area (Å²) in [6.45, 7) is 6.56. The molecule has 0 aliphatic carbocycles. The molecule has 0 aromatic heterocycles. The zero-order valence-corrected chi connectivity index (χ0v) is 13.3. The molecule has 0 radical (unpaired) electrons. The van der Waals surface area contributed by atoms with Crippen molar-refractivity contribution in [1.29, 1.82) is 0 Å². The van der Waals surface area contributed by atoms with Crippen LogP contribution in [0.3, 0.4) is 0 Å². The average Bonchev–Trinajstić information content (AvgIpc) is 2.35. The predicted octanol–water partition coefficient (Wildman–Crippen LogP) is 2.90. The Bertz CT molecular complexity index is 632. The molecule has 1 aliphatic rings. The summed E-state index contributed by atoms with van der Waals surface area (Å²) < 4.78 is 8.72. The number of nitrogens with one attached hydrogen (secondary N) is 1. The fourth-order valence-electron chi connectivity index (χ4n) is 2.57. The summed E-state index contributed by atoms with van der Waals surface area (Å²) in [6, 6.07) is 4.23. The van der Waals surface area contributed by atoms with Crippen LogP contribution < -0.4 is 9.46 Å². The Morgan fingerprint density at radius 2 is 2.20 bits per heavy atom. The molecule has 0 saturated heterocycles. The van der Waals surface area contributed by atoms with Gasteiger partial charge in [-0.05, 0) is 42.0 Å². The van der Waals surface area contributed by atoms with Crippen molar-refractivity contribution in [3.05, 3.63) is 23.3 Å². The van der Waals surface area contributed by atoms with Gasteiger partial charge in [-0.3, -0.25) is 4.79 Å². The van der Waals surface area contributed by atoms with Crippen LogP contribution >= 0.6 is 9.39 Å². The van der Waals surface area contributed by atoms with E-state index < -0.39 is 9.39 Å². The van der Waals surface area contributed by atoms with E-state index in [0.717, 1.165) is 35.7 Å². The highest BCUT2D eigenvalue weighted by molar-refractivity contribution is 8.26. The van der Waals surface area contributed by atoms with Crippen LogP contribution in [-0.4, -0.2) is 24.3 Å². The molecule has 1 aromatic carbocycles. The van der Waals surface area contributed by atoms with Crippen molar-refractivity contribution in [2.24, 2.45) is 5.92 Å². The van der Waals surface area contributed by atoms with Crippen LogP contribution in [0, 0.1) is 5.92 Å². The van der Waals surface area contributed by atoms with Crippen LogP contribution in [0.25, 0.3) is 0 Å². The largest absolute Gasteiger partial charge is 0.493 e. The molecule has 1 heterocycles. The number of amides is 1. The maximum absolute atomic E-state index is 11.4. The topological polar surface area (TPSA) is 38.3 Å². The van der Waals surface area contributed by atoms with Gasteiger partial charge in [-0.2, -0.15) is 0 Å². The Morgan fingerprint density at radius 3 is 2.80 bits per heavy atom. The van der Waals surface area contributed by atoms with E-state index in [1.54, 1.807) is 0 Å². The van der Waals surface area contributed by atoms with Gasteiger partial charge >= 0.3 is 0 Å². The molecule has 0 spiro atoms.